The fourth-order valence-electron chi connectivity index (χ4n) is 3.10. The Kier molecular flexibility index (Phi) is 19.3. The number of hydrogen-bond acceptors (Lipinski definition) is 5. The molecule has 5 heteroatoms. The molecule has 0 aromatic carbocycles. The number of carbonyl (C=O) groups excluding carboxylic acids is 2. The van der Waals surface area contributed by atoms with Gasteiger partial charge in [0.2, 0.25) is 6.10 Å². The third kappa shape index (κ3) is 15.4. The molecule has 0 aromatic rings. The summed E-state index contributed by atoms with van der Waals surface area (Å²) < 4.78 is 16.6. The van der Waals surface area contributed by atoms with Gasteiger partial charge in [0.15, 0.2) is 0 Å². The van der Waals surface area contributed by atoms with Crippen molar-refractivity contribution in [1.82, 2.24) is 0 Å². The van der Waals surface area contributed by atoms with Crippen molar-refractivity contribution < 1.29 is 23.8 Å². The van der Waals surface area contributed by atoms with Crippen LogP contribution in [-0.2, 0) is 23.8 Å². The van der Waals surface area contributed by atoms with Crippen LogP contribution in [0.2, 0.25) is 0 Å². The van der Waals surface area contributed by atoms with Crippen LogP contribution in [0.15, 0.2) is 35.5 Å². The Balaban J connectivity index is 5.32. The maximum Gasteiger partial charge on any atom is 0.352 e. The van der Waals surface area contributed by atoms with Crippen LogP contribution in [0.5, 0.6) is 0 Å². The molecule has 0 aliphatic rings. The summed E-state index contributed by atoms with van der Waals surface area (Å²) in [5, 5.41) is 0. The highest BCUT2D eigenvalue weighted by atomic mass is 16.6. The molecule has 0 N–H and O–H groups in total. The first kappa shape index (κ1) is 31.0. The number of ether oxygens (including phenoxy) is 3. The van der Waals surface area contributed by atoms with Crippen molar-refractivity contribution in [2.75, 3.05) is 0 Å². The highest BCUT2D eigenvalue weighted by Crippen LogP contribution is 2.16. The van der Waals surface area contributed by atoms with Crippen molar-refractivity contribution in [1.29, 1.82) is 0 Å². The van der Waals surface area contributed by atoms with Gasteiger partial charge in [-0.15, -0.1) is 0 Å². The van der Waals surface area contributed by atoms with E-state index in [1.54, 1.807) is 6.26 Å². The summed E-state index contributed by atoms with van der Waals surface area (Å²) in [5.74, 6) is -1.06. The Morgan fingerprint density at radius 1 is 0.636 bits per heavy atom. The van der Waals surface area contributed by atoms with Gasteiger partial charge in [-0.2, -0.15) is 0 Å². The van der Waals surface area contributed by atoms with Crippen LogP contribution in [0.3, 0.4) is 0 Å². The summed E-state index contributed by atoms with van der Waals surface area (Å²) in [6.45, 7) is 12.5. The molecule has 0 bridgehead atoms. The Labute approximate surface area is 202 Å². The molecule has 0 amide bonds. The first-order chi connectivity index (χ1) is 15.9. The van der Waals surface area contributed by atoms with E-state index in [4.69, 9.17) is 14.2 Å². The SMILES string of the molecule is CCCC/C(=C/OC(=O)CC(O/C=C(\CC)CCCC)C(=O)O/C=C(\CC)CCCC)CC. The number of allylic oxidation sites excluding steroid dienone is 3. The fourth-order valence-corrected chi connectivity index (χ4v) is 3.10. The van der Waals surface area contributed by atoms with Gasteiger partial charge in [-0.1, -0.05) is 60.8 Å². The molecule has 0 saturated carbocycles. The third-order valence-corrected chi connectivity index (χ3v) is 5.63. The highest BCUT2D eigenvalue weighted by molar-refractivity contribution is 5.82. The van der Waals surface area contributed by atoms with Crippen molar-refractivity contribution in [3.63, 3.8) is 0 Å². The molecule has 0 heterocycles. The molecule has 0 saturated heterocycles. The molecule has 0 aliphatic heterocycles. The normalized spacial score (nSPS) is 13.6. The number of carbonyl (C=O) groups is 2. The molecule has 0 aliphatic carbocycles. The summed E-state index contributed by atoms with van der Waals surface area (Å²) in [4.78, 5) is 25.3. The lowest BCUT2D eigenvalue weighted by Crippen LogP contribution is -2.27. The lowest BCUT2D eigenvalue weighted by atomic mass is 10.1. The van der Waals surface area contributed by atoms with E-state index in [9.17, 15) is 9.59 Å². The van der Waals surface area contributed by atoms with E-state index in [1.165, 1.54) is 12.5 Å². The molecule has 1 atom stereocenters. The van der Waals surface area contributed by atoms with E-state index in [1.807, 2.05) is 13.8 Å². The highest BCUT2D eigenvalue weighted by Gasteiger charge is 2.25. The van der Waals surface area contributed by atoms with Gasteiger partial charge in [-0.25, -0.2) is 4.79 Å². The average Bonchev–Trinajstić information content (AvgIpc) is 2.83. The number of unbranched alkanes of at least 4 members (excludes halogenated alkanes) is 3. The minimum atomic E-state index is -1.03. The van der Waals surface area contributed by atoms with Gasteiger partial charge < -0.3 is 14.2 Å². The fraction of sp³-hybridized carbons (Fsp3) is 0.714. The Morgan fingerprint density at radius 3 is 1.48 bits per heavy atom. The van der Waals surface area contributed by atoms with E-state index in [2.05, 4.69) is 27.7 Å². The standard InChI is InChI=1S/C28H48O5/c1-7-13-16-23(10-4)20-31-26(28(30)33-22-25(12-6)18-15-9-3)19-27(29)32-21-24(11-5)17-14-8-2/h20-22,26H,7-19H2,1-6H3/b23-20+,24-21+,25-22+. The van der Waals surface area contributed by atoms with E-state index in [0.717, 1.165) is 93.8 Å². The van der Waals surface area contributed by atoms with Gasteiger partial charge in [-0.3, -0.25) is 4.79 Å². The first-order valence-electron chi connectivity index (χ1n) is 13.0. The summed E-state index contributed by atoms with van der Waals surface area (Å²) in [6, 6.07) is 0. The van der Waals surface area contributed by atoms with Crippen molar-refractivity contribution in [2.24, 2.45) is 0 Å². The van der Waals surface area contributed by atoms with Crippen molar-refractivity contribution in [3.8, 4) is 0 Å². The molecular weight excluding hydrogens is 416 g/mol. The molecule has 0 fully saturated rings. The predicted octanol–water partition coefficient (Wildman–Crippen LogP) is 8.30. The van der Waals surface area contributed by atoms with E-state index >= 15 is 0 Å². The first-order valence-corrected chi connectivity index (χ1v) is 13.0. The van der Waals surface area contributed by atoms with E-state index < -0.39 is 18.0 Å². The molecule has 0 rings (SSSR count). The van der Waals surface area contributed by atoms with Crippen molar-refractivity contribution >= 4 is 11.9 Å². The van der Waals surface area contributed by atoms with Crippen LogP contribution < -0.4 is 0 Å². The predicted molar refractivity (Wildman–Crippen MR) is 135 cm³/mol. The van der Waals surface area contributed by atoms with Crippen LogP contribution >= 0.6 is 0 Å². The Bertz CT molecular complexity index is 630. The zero-order chi connectivity index (χ0) is 24.9. The van der Waals surface area contributed by atoms with Gasteiger partial charge in [0, 0.05) is 0 Å². The largest absolute Gasteiger partial charge is 0.486 e. The Morgan fingerprint density at radius 2 is 1.06 bits per heavy atom. The van der Waals surface area contributed by atoms with Gasteiger partial charge in [0.25, 0.3) is 0 Å². The maximum atomic E-state index is 12.8. The minimum Gasteiger partial charge on any atom is -0.486 e. The average molecular weight is 465 g/mol. The lowest BCUT2D eigenvalue weighted by Gasteiger charge is -2.15. The molecule has 190 valence electrons. The second kappa shape index (κ2) is 20.6. The van der Waals surface area contributed by atoms with Gasteiger partial charge in [-0.05, 0) is 74.5 Å². The molecule has 5 nitrogen and oxygen atoms in total. The second-order valence-corrected chi connectivity index (χ2v) is 8.46. The molecule has 1 unspecified atom stereocenters. The zero-order valence-corrected chi connectivity index (χ0v) is 22.0. The summed E-state index contributed by atoms with van der Waals surface area (Å²) in [5.41, 5.74) is 3.28. The van der Waals surface area contributed by atoms with Crippen molar-refractivity contribution in [3.05, 3.63) is 35.5 Å². The quantitative estimate of drug-likeness (QED) is 0.142. The van der Waals surface area contributed by atoms with Gasteiger partial charge >= 0.3 is 11.9 Å². The monoisotopic (exact) mass is 464 g/mol. The Hall–Kier alpha value is -2.04. The molecule has 0 aromatic heterocycles. The number of rotatable bonds is 19. The second-order valence-electron chi connectivity index (χ2n) is 8.46. The molecular formula is C28H48O5. The third-order valence-electron chi connectivity index (χ3n) is 5.63. The maximum absolute atomic E-state index is 12.8. The van der Waals surface area contributed by atoms with Crippen LogP contribution in [0, 0.1) is 0 Å². The molecule has 0 radical (unpaired) electrons. The van der Waals surface area contributed by atoms with Crippen molar-refractivity contribution in [2.45, 2.75) is 131 Å². The van der Waals surface area contributed by atoms with E-state index in [0.29, 0.717) is 0 Å². The summed E-state index contributed by atoms with van der Waals surface area (Å²) >= 11 is 0. The van der Waals surface area contributed by atoms with Gasteiger partial charge in [0.1, 0.15) is 0 Å². The van der Waals surface area contributed by atoms with E-state index in [-0.39, 0.29) is 6.42 Å². The lowest BCUT2D eigenvalue weighted by molar-refractivity contribution is -0.154. The van der Waals surface area contributed by atoms with Gasteiger partial charge in [0.05, 0.1) is 25.2 Å². The summed E-state index contributed by atoms with van der Waals surface area (Å²) in [7, 11) is 0. The van der Waals surface area contributed by atoms with Crippen LogP contribution in [-0.4, -0.2) is 18.0 Å². The number of esters is 2. The van der Waals surface area contributed by atoms with Crippen LogP contribution in [0.1, 0.15) is 125 Å². The van der Waals surface area contributed by atoms with Crippen LogP contribution in [0.4, 0.5) is 0 Å². The topological polar surface area (TPSA) is 61.8 Å². The zero-order valence-electron chi connectivity index (χ0n) is 22.0. The smallest absolute Gasteiger partial charge is 0.352 e. The number of hydrogen-bond donors (Lipinski definition) is 0. The summed E-state index contributed by atoms with van der Waals surface area (Å²) in [6.07, 6.45) is 15.1. The van der Waals surface area contributed by atoms with Crippen LogP contribution in [0.25, 0.3) is 0 Å². The molecule has 33 heavy (non-hydrogen) atoms. The molecule has 0 spiro atoms. The minimum absolute atomic E-state index is 0.189.